The molecule has 0 radical (unpaired) electrons. The smallest absolute Gasteiger partial charge is 0.250 e. The van der Waals surface area contributed by atoms with Crippen molar-refractivity contribution in [2.75, 3.05) is 13.6 Å². The molecule has 0 spiro atoms. The maximum atomic E-state index is 11.9. The molecule has 2 N–H and O–H groups in total. The van der Waals surface area contributed by atoms with Crippen LogP contribution in [-0.4, -0.2) is 29.7 Å². The van der Waals surface area contributed by atoms with Gasteiger partial charge in [-0.15, -0.1) is 24.0 Å². The molecule has 1 aliphatic rings. The minimum absolute atomic E-state index is 0. The first-order chi connectivity index (χ1) is 13.9. The number of ether oxygens (including phenoxy) is 1. The van der Waals surface area contributed by atoms with Crippen LogP contribution in [0.4, 0.5) is 0 Å². The normalized spacial score (nSPS) is 17.3. The fourth-order valence-electron chi connectivity index (χ4n) is 3.80. The first-order valence-electron chi connectivity index (χ1n) is 10.3. The number of benzene rings is 1. The van der Waals surface area contributed by atoms with E-state index in [1.165, 1.54) is 0 Å². The molecule has 0 amide bonds. The van der Waals surface area contributed by atoms with E-state index in [0.29, 0.717) is 0 Å². The lowest BCUT2D eigenvalue weighted by atomic mass is 9.90. The van der Waals surface area contributed by atoms with Crippen LogP contribution >= 0.6 is 24.0 Å². The molecule has 0 fully saturated rings. The minimum Gasteiger partial charge on any atom is -0.487 e. The average Bonchev–Trinajstić information content (AvgIpc) is 2.67. The fraction of sp³-hybridized carbons (Fsp3) is 0.478. The van der Waals surface area contributed by atoms with E-state index < -0.39 is 0 Å². The molecule has 30 heavy (non-hydrogen) atoms. The van der Waals surface area contributed by atoms with Gasteiger partial charge in [0.25, 0.3) is 5.56 Å². The molecule has 1 aliphatic heterocycles. The average molecular weight is 524 g/mol. The summed E-state index contributed by atoms with van der Waals surface area (Å²) >= 11 is 0. The first-order valence-corrected chi connectivity index (χ1v) is 10.3. The number of hydrogen-bond donors (Lipinski definition) is 2. The lowest BCUT2D eigenvalue weighted by Crippen LogP contribution is -2.45. The molecule has 2 heterocycles. The van der Waals surface area contributed by atoms with Gasteiger partial charge in [0.2, 0.25) is 0 Å². The molecule has 0 saturated heterocycles. The zero-order valence-corrected chi connectivity index (χ0v) is 20.6. The zero-order chi connectivity index (χ0) is 20.9. The van der Waals surface area contributed by atoms with Crippen molar-refractivity contribution in [2.24, 2.45) is 4.99 Å². The predicted octanol–water partition coefficient (Wildman–Crippen LogP) is 4.02. The number of nitrogens with zero attached hydrogens (tertiary/aromatic N) is 2. The van der Waals surface area contributed by atoms with Crippen molar-refractivity contribution >= 4 is 29.9 Å². The molecule has 6 nitrogen and oxygen atoms in total. The Kier molecular flexibility index (Phi) is 8.76. The molecule has 0 aliphatic carbocycles. The number of aryl methyl sites for hydroxylation is 1. The number of guanidine groups is 1. The van der Waals surface area contributed by atoms with Gasteiger partial charge < -0.3 is 19.9 Å². The monoisotopic (exact) mass is 524 g/mol. The van der Waals surface area contributed by atoms with E-state index in [1.807, 2.05) is 35.8 Å². The molecular weight excluding hydrogens is 491 g/mol. The minimum atomic E-state index is -0.230. The van der Waals surface area contributed by atoms with Crippen LogP contribution in [0.5, 0.6) is 5.75 Å². The maximum Gasteiger partial charge on any atom is 0.250 e. The Morgan fingerprint density at radius 1 is 1.20 bits per heavy atom. The van der Waals surface area contributed by atoms with Gasteiger partial charge in [0.15, 0.2) is 5.96 Å². The van der Waals surface area contributed by atoms with Gasteiger partial charge in [-0.05, 0) is 45.7 Å². The summed E-state index contributed by atoms with van der Waals surface area (Å²) in [6.07, 6.45) is 2.75. The van der Waals surface area contributed by atoms with Gasteiger partial charge in [0, 0.05) is 43.9 Å². The molecule has 1 aromatic heterocycles. The molecule has 1 atom stereocenters. The van der Waals surface area contributed by atoms with Gasteiger partial charge in [0.1, 0.15) is 11.4 Å². The highest BCUT2D eigenvalue weighted by molar-refractivity contribution is 14.0. The Labute approximate surface area is 196 Å². The molecule has 0 bridgehead atoms. The highest BCUT2D eigenvalue weighted by Crippen LogP contribution is 2.39. The van der Waals surface area contributed by atoms with E-state index >= 15 is 0 Å². The quantitative estimate of drug-likeness (QED) is 0.259. The number of hydrogen-bond acceptors (Lipinski definition) is 3. The number of para-hydroxylation sites is 1. The van der Waals surface area contributed by atoms with E-state index in [0.717, 1.165) is 55.3 Å². The largest absolute Gasteiger partial charge is 0.487 e. The number of aliphatic imine (C=N–C) groups is 1. The molecule has 1 unspecified atom stereocenters. The van der Waals surface area contributed by atoms with Crippen LogP contribution in [0.15, 0.2) is 52.3 Å². The summed E-state index contributed by atoms with van der Waals surface area (Å²) in [6, 6.07) is 13.7. The van der Waals surface area contributed by atoms with Crippen molar-refractivity contribution in [1.29, 1.82) is 0 Å². The van der Waals surface area contributed by atoms with Crippen molar-refractivity contribution in [2.45, 2.75) is 58.2 Å². The van der Waals surface area contributed by atoms with Crippen molar-refractivity contribution in [3.05, 3.63) is 64.1 Å². The fourth-order valence-corrected chi connectivity index (χ4v) is 3.80. The molecule has 1 aromatic carbocycles. The standard InChI is InChI=1S/C23H32N4O2.HI/c1-17-10-9-13-21(28)27(17)15-8-7-14-25-22(24-4)26-19-16-23(2,3)29-20-12-6-5-11-18(19)20;/h5-6,9-13,19H,7-8,14-16H2,1-4H3,(H2,24,25,26);1H. The van der Waals surface area contributed by atoms with Crippen molar-refractivity contribution < 1.29 is 4.74 Å². The number of aromatic nitrogens is 1. The summed E-state index contributed by atoms with van der Waals surface area (Å²) in [5.41, 5.74) is 2.00. The number of halogens is 1. The van der Waals surface area contributed by atoms with Crippen molar-refractivity contribution in [1.82, 2.24) is 15.2 Å². The lowest BCUT2D eigenvalue weighted by molar-refractivity contribution is 0.0694. The van der Waals surface area contributed by atoms with Crippen LogP contribution in [0.25, 0.3) is 0 Å². The van der Waals surface area contributed by atoms with Crippen LogP contribution in [0, 0.1) is 6.92 Å². The van der Waals surface area contributed by atoms with Gasteiger partial charge in [-0.1, -0.05) is 24.3 Å². The van der Waals surface area contributed by atoms with Gasteiger partial charge >= 0.3 is 0 Å². The van der Waals surface area contributed by atoms with Gasteiger partial charge in [-0.25, -0.2) is 0 Å². The zero-order valence-electron chi connectivity index (χ0n) is 18.3. The highest BCUT2D eigenvalue weighted by atomic mass is 127. The second kappa shape index (κ2) is 10.8. The Bertz CT molecular complexity index is 923. The van der Waals surface area contributed by atoms with Crippen LogP contribution in [0.2, 0.25) is 0 Å². The van der Waals surface area contributed by atoms with Crippen LogP contribution in [0.1, 0.15) is 50.4 Å². The summed E-state index contributed by atoms with van der Waals surface area (Å²) in [6.45, 7) is 7.73. The number of unbranched alkanes of at least 4 members (excludes halogenated alkanes) is 1. The highest BCUT2D eigenvalue weighted by Gasteiger charge is 2.33. The molecule has 164 valence electrons. The third kappa shape index (κ3) is 6.23. The van der Waals surface area contributed by atoms with E-state index in [9.17, 15) is 4.79 Å². The molecule has 0 saturated carbocycles. The molecule has 2 aromatic rings. The first kappa shape index (κ1) is 24.2. The van der Waals surface area contributed by atoms with E-state index in [1.54, 1.807) is 19.2 Å². The summed E-state index contributed by atoms with van der Waals surface area (Å²) in [7, 11) is 1.79. The Hall–Kier alpha value is -2.03. The van der Waals surface area contributed by atoms with E-state index in [4.69, 9.17) is 4.74 Å². The lowest BCUT2D eigenvalue weighted by Gasteiger charge is -2.38. The summed E-state index contributed by atoms with van der Waals surface area (Å²) in [5, 5.41) is 6.95. The van der Waals surface area contributed by atoms with E-state index in [2.05, 4.69) is 35.5 Å². The maximum absolute atomic E-state index is 11.9. The van der Waals surface area contributed by atoms with Gasteiger partial charge in [-0.2, -0.15) is 0 Å². The number of pyridine rings is 1. The Balaban J connectivity index is 0.00000320. The molecule has 3 rings (SSSR count). The third-order valence-corrected chi connectivity index (χ3v) is 5.28. The second-order valence-electron chi connectivity index (χ2n) is 8.16. The topological polar surface area (TPSA) is 67.7 Å². The predicted molar refractivity (Wildman–Crippen MR) is 133 cm³/mol. The van der Waals surface area contributed by atoms with Crippen LogP contribution in [-0.2, 0) is 6.54 Å². The summed E-state index contributed by atoms with van der Waals surface area (Å²) < 4.78 is 7.94. The third-order valence-electron chi connectivity index (χ3n) is 5.28. The SMILES string of the molecule is CN=C(NCCCCn1c(C)cccc1=O)NC1CC(C)(C)Oc2ccccc21.I. The number of nitrogens with one attached hydrogen (secondary N) is 2. The molecule has 7 heteroatoms. The second-order valence-corrected chi connectivity index (χ2v) is 8.16. The van der Waals surface area contributed by atoms with Crippen molar-refractivity contribution in [3.63, 3.8) is 0 Å². The Morgan fingerprint density at radius 2 is 1.97 bits per heavy atom. The van der Waals surface area contributed by atoms with E-state index in [-0.39, 0.29) is 41.2 Å². The summed E-state index contributed by atoms with van der Waals surface area (Å²) in [5.74, 6) is 1.72. The Morgan fingerprint density at radius 3 is 2.70 bits per heavy atom. The summed E-state index contributed by atoms with van der Waals surface area (Å²) in [4.78, 5) is 16.3. The number of fused-ring (bicyclic) bond motifs is 1. The van der Waals surface area contributed by atoms with Gasteiger partial charge in [-0.3, -0.25) is 9.79 Å². The van der Waals surface area contributed by atoms with Gasteiger partial charge in [0.05, 0.1) is 6.04 Å². The number of rotatable bonds is 6. The molecular formula is C23H33IN4O2. The van der Waals surface area contributed by atoms with Crippen molar-refractivity contribution in [3.8, 4) is 5.75 Å². The van der Waals surface area contributed by atoms with Crippen LogP contribution in [0.3, 0.4) is 0 Å². The van der Waals surface area contributed by atoms with Crippen LogP contribution < -0.4 is 20.9 Å².